The van der Waals surface area contributed by atoms with E-state index in [1.807, 2.05) is 5.32 Å². The van der Waals surface area contributed by atoms with Crippen molar-refractivity contribution in [2.75, 3.05) is 11.9 Å². The van der Waals surface area contributed by atoms with Crippen LogP contribution in [0.15, 0.2) is 24.3 Å². The molecule has 4 nitrogen and oxygen atoms in total. The molecule has 28 heavy (non-hydrogen) atoms. The molecule has 4 bridgehead atoms. The molecule has 0 unspecified atom stereocenters. The van der Waals surface area contributed by atoms with E-state index in [2.05, 4.69) is 5.32 Å². The minimum atomic E-state index is -4.42. The molecule has 4 aliphatic carbocycles. The van der Waals surface area contributed by atoms with Crippen molar-refractivity contribution in [2.45, 2.75) is 51.1 Å². The van der Waals surface area contributed by atoms with Crippen LogP contribution < -0.4 is 10.6 Å². The lowest BCUT2D eigenvalue weighted by molar-refractivity contribution is -0.140. The Kier molecular flexibility index (Phi) is 4.88. The fourth-order valence-corrected chi connectivity index (χ4v) is 5.81. The summed E-state index contributed by atoms with van der Waals surface area (Å²) in [5, 5.41) is 4.89. The molecule has 0 aromatic heterocycles. The Labute approximate surface area is 162 Å². The van der Waals surface area contributed by atoms with Crippen LogP contribution in [-0.2, 0) is 16.0 Å². The highest BCUT2D eigenvalue weighted by molar-refractivity contribution is 5.95. The predicted octanol–water partition coefficient (Wildman–Crippen LogP) is 4.06. The Hall–Kier alpha value is -2.05. The van der Waals surface area contributed by atoms with Crippen LogP contribution >= 0.6 is 0 Å². The number of benzene rings is 1. The lowest BCUT2D eigenvalue weighted by Crippen LogP contribution is -2.51. The van der Waals surface area contributed by atoms with Crippen LogP contribution in [0.1, 0.15) is 44.1 Å². The number of rotatable bonds is 5. The molecule has 2 N–H and O–H groups in total. The lowest BCUT2D eigenvalue weighted by atomic mass is 9.49. The second-order valence-electron chi connectivity index (χ2n) is 8.92. The number of amides is 2. The minimum absolute atomic E-state index is 0.0993. The summed E-state index contributed by atoms with van der Waals surface area (Å²) in [6.45, 7) is -1.33. The molecular weight excluding hydrogens is 369 g/mol. The van der Waals surface area contributed by atoms with Gasteiger partial charge in [0.05, 0.1) is 11.8 Å². The van der Waals surface area contributed by atoms with Gasteiger partial charge in [0.15, 0.2) is 0 Å². The van der Waals surface area contributed by atoms with Gasteiger partial charge in [-0.2, -0.15) is 13.2 Å². The average molecular weight is 394 g/mol. The highest BCUT2D eigenvalue weighted by Gasteiger charge is 2.54. The topological polar surface area (TPSA) is 58.2 Å². The third-order valence-electron chi connectivity index (χ3n) is 6.58. The molecule has 1 aromatic carbocycles. The first-order chi connectivity index (χ1) is 13.2. The van der Waals surface area contributed by atoms with Gasteiger partial charge >= 0.3 is 6.18 Å². The Bertz CT molecular complexity index is 723. The van der Waals surface area contributed by atoms with Crippen molar-refractivity contribution < 1.29 is 22.8 Å². The smallest absolute Gasteiger partial charge is 0.347 e. The van der Waals surface area contributed by atoms with Crippen LogP contribution in [0.5, 0.6) is 0 Å². The molecule has 5 rings (SSSR count). The van der Waals surface area contributed by atoms with E-state index >= 15 is 0 Å². The summed E-state index contributed by atoms with van der Waals surface area (Å²) in [6, 6.07) is 6.76. The van der Waals surface area contributed by atoms with Crippen LogP contribution in [0.4, 0.5) is 18.9 Å². The molecule has 7 heteroatoms. The molecule has 0 spiro atoms. The number of halogens is 3. The number of hydrogen-bond donors (Lipinski definition) is 2. The normalized spacial score (nSPS) is 30.9. The van der Waals surface area contributed by atoms with Gasteiger partial charge in [-0.15, -0.1) is 0 Å². The van der Waals surface area contributed by atoms with E-state index in [9.17, 15) is 22.8 Å². The fraction of sp³-hybridized carbons (Fsp3) is 0.619. The van der Waals surface area contributed by atoms with Gasteiger partial charge in [0.25, 0.3) is 0 Å². The number of anilines is 1. The minimum Gasteiger partial charge on any atom is -0.347 e. The number of hydrogen-bond acceptors (Lipinski definition) is 2. The van der Waals surface area contributed by atoms with Gasteiger partial charge in [0.1, 0.15) is 6.54 Å². The summed E-state index contributed by atoms with van der Waals surface area (Å²) in [4.78, 5) is 24.6. The van der Waals surface area contributed by atoms with Gasteiger partial charge < -0.3 is 10.6 Å². The average Bonchev–Trinajstić information content (AvgIpc) is 2.60. The number of carbonyl (C=O) groups is 2. The first-order valence-electron chi connectivity index (χ1n) is 9.95. The Morgan fingerprint density at radius 3 is 2.00 bits per heavy atom. The maximum absolute atomic E-state index is 13.0. The van der Waals surface area contributed by atoms with Crippen molar-refractivity contribution >= 4 is 17.5 Å². The number of alkyl halides is 3. The van der Waals surface area contributed by atoms with Gasteiger partial charge in [-0.3, -0.25) is 9.59 Å². The largest absolute Gasteiger partial charge is 0.405 e. The first-order valence-corrected chi connectivity index (χ1v) is 9.95. The molecule has 0 heterocycles. The van der Waals surface area contributed by atoms with Crippen molar-refractivity contribution in [3.05, 3.63) is 29.8 Å². The van der Waals surface area contributed by atoms with Crippen LogP contribution in [0.25, 0.3) is 0 Å². The Morgan fingerprint density at radius 2 is 1.50 bits per heavy atom. The third-order valence-corrected chi connectivity index (χ3v) is 6.58. The summed E-state index contributed by atoms with van der Waals surface area (Å²) in [5.74, 6) is 1.49. The van der Waals surface area contributed by atoms with E-state index in [1.54, 1.807) is 24.3 Å². The van der Waals surface area contributed by atoms with E-state index in [0.717, 1.165) is 19.3 Å². The van der Waals surface area contributed by atoms with Crippen molar-refractivity contribution in [3.8, 4) is 0 Å². The standard InChI is InChI=1S/C21H25F3N2O2/c22-21(23,24)12-25-18(27)8-13-1-3-17(4-2-13)26-19(28)20-9-14-5-15(10-20)7-16(6-14)11-20/h1-4,14-16H,5-12H2,(H,25,27)(H,26,28). The maximum Gasteiger partial charge on any atom is 0.405 e. The highest BCUT2D eigenvalue weighted by Crippen LogP contribution is 2.60. The Balaban J connectivity index is 1.33. The molecule has 4 saturated carbocycles. The first kappa shape index (κ1) is 19.3. The van der Waals surface area contributed by atoms with Crippen LogP contribution in [0, 0.1) is 23.2 Å². The molecule has 0 atom stereocenters. The quantitative estimate of drug-likeness (QED) is 0.791. The SMILES string of the molecule is O=C(Cc1ccc(NC(=O)C23CC4CC(CC(C4)C2)C3)cc1)NCC(F)(F)F. The molecular formula is C21H25F3N2O2. The molecule has 0 saturated heterocycles. The molecule has 4 aliphatic rings. The predicted molar refractivity (Wildman–Crippen MR) is 98.4 cm³/mol. The summed E-state index contributed by atoms with van der Waals surface area (Å²) < 4.78 is 36.4. The van der Waals surface area contributed by atoms with Gasteiger partial charge in [-0.25, -0.2) is 0 Å². The monoisotopic (exact) mass is 394 g/mol. The number of nitrogens with one attached hydrogen (secondary N) is 2. The number of carbonyl (C=O) groups excluding carboxylic acids is 2. The molecule has 0 radical (unpaired) electrons. The van der Waals surface area contributed by atoms with E-state index < -0.39 is 18.6 Å². The zero-order valence-corrected chi connectivity index (χ0v) is 15.6. The fourth-order valence-electron chi connectivity index (χ4n) is 5.81. The van der Waals surface area contributed by atoms with Crippen LogP contribution in [0.2, 0.25) is 0 Å². The molecule has 4 fully saturated rings. The van der Waals surface area contributed by atoms with Gasteiger partial charge in [-0.1, -0.05) is 12.1 Å². The van der Waals surface area contributed by atoms with Crippen molar-refractivity contribution in [2.24, 2.45) is 23.2 Å². The van der Waals surface area contributed by atoms with Crippen molar-refractivity contribution in [3.63, 3.8) is 0 Å². The van der Waals surface area contributed by atoms with Gasteiger partial charge in [0.2, 0.25) is 11.8 Å². The second-order valence-corrected chi connectivity index (χ2v) is 8.92. The van der Waals surface area contributed by atoms with Gasteiger partial charge in [0, 0.05) is 5.69 Å². The summed E-state index contributed by atoms with van der Waals surface area (Å²) in [5.41, 5.74) is 1.04. The Morgan fingerprint density at radius 1 is 0.964 bits per heavy atom. The molecule has 1 aromatic rings. The zero-order valence-electron chi connectivity index (χ0n) is 15.6. The molecule has 2 amide bonds. The highest BCUT2D eigenvalue weighted by atomic mass is 19.4. The van der Waals surface area contributed by atoms with Crippen molar-refractivity contribution in [1.29, 1.82) is 0 Å². The zero-order chi connectivity index (χ0) is 19.9. The van der Waals surface area contributed by atoms with Crippen LogP contribution in [0.3, 0.4) is 0 Å². The second kappa shape index (κ2) is 7.08. The summed E-state index contributed by atoms with van der Waals surface area (Å²) in [6.07, 6.45) is 2.25. The van der Waals surface area contributed by atoms with E-state index in [-0.39, 0.29) is 17.7 Å². The van der Waals surface area contributed by atoms with E-state index in [4.69, 9.17) is 0 Å². The summed E-state index contributed by atoms with van der Waals surface area (Å²) >= 11 is 0. The van der Waals surface area contributed by atoms with Gasteiger partial charge in [-0.05, 0) is 74.0 Å². The van der Waals surface area contributed by atoms with Crippen molar-refractivity contribution in [1.82, 2.24) is 5.32 Å². The summed E-state index contributed by atoms with van der Waals surface area (Å²) in [7, 11) is 0. The van der Waals surface area contributed by atoms with Crippen LogP contribution in [-0.4, -0.2) is 24.5 Å². The third kappa shape index (κ3) is 4.18. The van der Waals surface area contributed by atoms with E-state index in [1.165, 1.54) is 19.3 Å². The maximum atomic E-state index is 13.0. The molecule has 0 aliphatic heterocycles. The molecule has 152 valence electrons. The van der Waals surface area contributed by atoms with E-state index in [0.29, 0.717) is 29.0 Å². The lowest BCUT2D eigenvalue weighted by Gasteiger charge is -2.55.